The number of aryl methyl sites for hydroxylation is 1. The van der Waals surface area contributed by atoms with E-state index in [4.69, 9.17) is 5.26 Å². The summed E-state index contributed by atoms with van der Waals surface area (Å²) in [6, 6.07) is 10.8. The molecule has 1 heterocycles. The van der Waals surface area contributed by atoms with Crippen molar-refractivity contribution in [1.29, 1.82) is 5.26 Å². The average molecular weight is 415 g/mol. The number of rotatable bonds is 7. The predicted octanol–water partition coefficient (Wildman–Crippen LogP) is 0.979. The summed E-state index contributed by atoms with van der Waals surface area (Å²) in [5.74, 6) is -0.620. The van der Waals surface area contributed by atoms with Crippen LogP contribution in [-0.2, 0) is 19.6 Å². The van der Waals surface area contributed by atoms with Crippen molar-refractivity contribution < 1.29 is 18.0 Å². The van der Waals surface area contributed by atoms with E-state index in [1.165, 1.54) is 38.4 Å². The fraction of sp³-hybridized carbons (Fsp3) is 0.263. The Bertz CT molecular complexity index is 1050. The van der Waals surface area contributed by atoms with E-state index in [2.05, 4.69) is 10.3 Å². The minimum atomic E-state index is -3.91. The lowest BCUT2D eigenvalue weighted by Crippen LogP contribution is -2.42. The Hall–Kier alpha value is -3.29. The number of likely N-dealkylation sites (N-methyl/N-ethyl adjacent to an activating group) is 2. The minimum Gasteiger partial charge on any atom is -0.335 e. The Labute approximate surface area is 169 Å². The molecular weight excluding hydrogens is 394 g/mol. The van der Waals surface area contributed by atoms with E-state index in [9.17, 15) is 18.0 Å². The van der Waals surface area contributed by atoms with Gasteiger partial charge < -0.3 is 10.2 Å². The Kier molecular flexibility index (Phi) is 7.03. The summed E-state index contributed by atoms with van der Waals surface area (Å²) >= 11 is 0. The zero-order valence-electron chi connectivity index (χ0n) is 16.3. The van der Waals surface area contributed by atoms with Gasteiger partial charge in [0, 0.05) is 20.3 Å². The van der Waals surface area contributed by atoms with Gasteiger partial charge in [-0.05, 0) is 48.9 Å². The van der Waals surface area contributed by atoms with Crippen molar-refractivity contribution in [2.45, 2.75) is 11.8 Å². The Balaban J connectivity index is 1.96. The number of hydrogen-bond donors (Lipinski definition) is 1. The molecule has 10 heteroatoms. The molecule has 9 nitrogen and oxygen atoms in total. The topological polar surface area (TPSA) is 123 Å². The zero-order chi connectivity index (χ0) is 21.6. The normalized spacial score (nSPS) is 11.0. The van der Waals surface area contributed by atoms with Crippen LogP contribution in [-0.4, -0.2) is 61.6 Å². The fourth-order valence-electron chi connectivity index (χ4n) is 2.37. The number of carbonyl (C=O) groups is 2. The third-order valence-electron chi connectivity index (χ3n) is 4.04. The van der Waals surface area contributed by atoms with E-state index in [0.29, 0.717) is 11.4 Å². The maximum Gasteiger partial charge on any atom is 0.245 e. The molecule has 0 saturated heterocycles. The van der Waals surface area contributed by atoms with Gasteiger partial charge in [-0.3, -0.25) is 9.59 Å². The first kappa shape index (κ1) is 22.0. The first-order valence-electron chi connectivity index (χ1n) is 8.56. The Morgan fingerprint density at radius 3 is 2.38 bits per heavy atom. The first-order chi connectivity index (χ1) is 13.6. The highest BCUT2D eigenvalue weighted by Crippen LogP contribution is 2.15. The van der Waals surface area contributed by atoms with Crippen LogP contribution in [0.15, 0.2) is 47.5 Å². The first-order valence-corrected chi connectivity index (χ1v) is 10.0. The molecule has 0 bridgehead atoms. The number of anilines is 1. The Morgan fingerprint density at radius 1 is 1.14 bits per heavy atom. The van der Waals surface area contributed by atoms with Crippen molar-refractivity contribution in [1.82, 2.24) is 14.2 Å². The number of sulfonamides is 1. The van der Waals surface area contributed by atoms with Crippen molar-refractivity contribution in [2.75, 3.05) is 32.5 Å². The average Bonchev–Trinajstić information content (AvgIpc) is 2.67. The van der Waals surface area contributed by atoms with Crippen molar-refractivity contribution in [2.24, 2.45) is 0 Å². The van der Waals surface area contributed by atoms with Crippen LogP contribution >= 0.6 is 0 Å². The van der Waals surface area contributed by atoms with Gasteiger partial charge in [-0.1, -0.05) is 0 Å². The summed E-state index contributed by atoms with van der Waals surface area (Å²) in [5, 5.41) is 11.4. The van der Waals surface area contributed by atoms with Crippen molar-refractivity contribution in [3.05, 3.63) is 53.7 Å². The van der Waals surface area contributed by atoms with Gasteiger partial charge >= 0.3 is 0 Å². The number of nitrogens with zero attached hydrogens (tertiary/aromatic N) is 4. The molecule has 29 heavy (non-hydrogen) atoms. The highest BCUT2D eigenvalue weighted by Gasteiger charge is 2.25. The van der Waals surface area contributed by atoms with E-state index in [1.54, 1.807) is 18.3 Å². The molecule has 1 aromatic heterocycles. The summed E-state index contributed by atoms with van der Waals surface area (Å²) in [5.41, 5.74) is 1.26. The quantitative estimate of drug-likeness (QED) is 0.719. The van der Waals surface area contributed by atoms with Crippen LogP contribution in [0.2, 0.25) is 0 Å². The molecule has 0 saturated carbocycles. The molecule has 2 rings (SSSR count). The van der Waals surface area contributed by atoms with E-state index < -0.39 is 28.4 Å². The molecule has 1 aromatic carbocycles. The van der Waals surface area contributed by atoms with Crippen LogP contribution < -0.4 is 5.32 Å². The summed E-state index contributed by atoms with van der Waals surface area (Å²) in [4.78, 5) is 29.6. The second-order valence-electron chi connectivity index (χ2n) is 6.41. The second kappa shape index (κ2) is 9.27. The largest absolute Gasteiger partial charge is 0.335 e. The smallest absolute Gasteiger partial charge is 0.245 e. The summed E-state index contributed by atoms with van der Waals surface area (Å²) < 4.78 is 26.0. The number of carbonyl (C=O) groups excluding carboxylic acids is 2. The van der Waals surface area contributed by atoms with Crippen LogP contribution in [0.25, 0.3) is 0 Å². The van der Waals surface area contributed by atoms with Crippen LogP contribution in [0.5, 0.6) is 0 Å². The summed E-state index contributed by atoms with van der Waals surface area (Å²) in [6.07, 6.45) is 1.56. The van der Waals surface area contributed by atoms with Crippen molar-refractivity contribution >= 4 is 27.7 Å². The molecule has 0 aliphatic heterocycles. The lowest BCUT2D eigenvalue weighted by molar-refractivity contribution is -0.133. The molecule has 152 valence electrons. The number of hydrogen-bond acceptors (Lipinski definition) is 6. The summed E-state index contributed by atoms with van der Waals surface area (Å²) in [6.45, 7) is 1.17. The van der Waals surface area contributed by atoms with Gasteiger partial charge in [0.25, 0.3) is 0 Å². The number of benzene rings is 1. The van der Waals surface area contributed by atoms with Gasteiger partial charge in [-0.15, -0.1) is 0 Å². The lowest BCUT2D eigenvalue weighted by atomic mass is 10.2. The molecule has 0 radical (unpaired) electrons. The van der Waals surface area contributed by atoms with Gasteiger partial charge in [0.2, 0.25) is 21.8 Å². The minimum absolute atomic E-state index is 0.0299. The fourth-order valence-corrected chi connectivity index (χ4v) is 3.49. The summed E-state index contributed by atoms with van der Waals surface area (Å²) in [7, 11) is -1.22. The van der Waals surface area contributed by atoms with E-state index in [-0.39, 0.29) is 11.4 Å². The molecule has 0 spiro atoms. The van der Waals surface area contributed by atoms with Gasteiger partial charge in [0.1, 0.15) is 5.82 Å². The third kappa shape index (κ3) is 5.84. The van der Waals surface area contributed by atoms with Crippen LogP contribution in [0.3, 0.4) is 0 Å². The number of amides is 2. The second-order valence-corrected chi connectivity index (χ2v) is 8.46. The maximum atomic E-state index is 12.6. The van der Waals surface area contributed by atoms with Crippen molar-refractivity contribution in [3.63, 3.8) is 0 Å². The standard InChI is InChI=1S/C19H21N5O4S/c1-14-8-9-21-17(10-14)22-18(25)12-23(2)19(26)13-24(3)29(27,28)16-6-4-15(11-20)5-7-16/h4-10H,12-13H2,1-3H3,(H,21,22,25). The van der Waals surface area contributed by atoms with Crippen LogP contribution in [0.4, 0.5) is 5.82 Å². The van der Waals surface area contributed by atoms with Gasteiger partial charge in [-0.25, -0.2) is 13.4 Å². The highest BCUT2D eigenvalue weighted by molar-refractivity contribution is 7.89. The SMILES string of the molecule is Cc1ccnc(NC(=O)CN(C)C(=O)CN(C)S(=O)(=O)c2ccc(C#N)cc2)c1. The van der Waals surface area contributed by atoms with Crippen LogP contribution in [0.1, 0.15) is 11.1 Å². The third-order valence-corrected chi connectivity index (χ3v) is 5.86. The number of nitriles is 1. The monoisotopic (exact) mass is 415 g/mol. The zero-order valence-corrected chi connectivity index (χ0v) is 17.1. The molecule has 2 aromatic rings. The molecule has 0 aliphatic rings. The molecule has 0 fully saturated rings. The lowest BCUT2D eigenvalue weighted by Gasteiger charge is -2.21. The highest BCUT2D eigenvalue weighted by atomic mass is 32.2. The van der Waals surface area contributed by atoms with Crippen LogP contribution in [0, 0.1) is 18.3 Å². The maximum absolute atomic E-state index is 12.6. The Morgan fingerprint density at radius 2 is 1.79 bits per heavy atom. The van der Waals surface area contributed by atoms with E-state index in [0.717, 1.165) is 14.8 Å². The predicted molar refractivity (Wildman–Crippen MR) is 106 cm³/mol. The number of pyridine rings is 1. The van der Waals surface area contributed by atoms with Gasteiger partial charge in [0.15, 0.2) is 0 Å². The molecule has 1 N–H and O–H groups in total. The van der Waals surface area contributed by atoms with E-state index >= 15 is 0 Å². The van der Waals surface area contributed by atoms with Gasteiger partial charge in [0.05, 0.1) is 29.6 Å². The van der Waals surface area contributed by atoms with Crippen molar-refractivity contribution in [3.8, 4) is 6.07 Å². The molecule has 0 atom stereocenters. The van der Waals surface area contributed by atoms with Gasteiger partial charge in [-0.2, -0.15) is 9.57 Å². The molecule has 2 amide bonds. The molecule has 0 aliphatic carbocycles. The molecule has 0 unspecified atom stereocenters. The van der Waals surface area contributed by atoms with E-state index in [1.807, 2.05) is 13.0 Å². The number of aromatic nitrogens is 1. The molecular formula is C19H21N5O4S. The number of nitrogens with one attached hydrogen (secondary N) is 1.